The third-order valence-corrected chi connectivity index (χ3v) is 10.1. The molecule has 0 radical (unpaired) electrons. The molecule has 0 bridgehead atoms. The van der Waals surface area contributed by atoms with Crippen molar-refractivity contribution < 1.29 is 33.3 Å². The monoisotopic (exact) mass is 880 g/mol. The van der Waals surface area contributed by atoms with Crippen LogP contribution >= 0.6 is 61.5 Å². The highest BCUT2D eigenvalue weighted by Gasteiger charge is 2.34. The van der Waals surface area contributed by atoms with Gasteiger partial charge < -0.3 is 23.7 Å². The molecular formula is C35H31BrClIN2O8S. The standard InChI is InChI=1S/C35H31BrClIN2O8S/c1-5-45-27-16-21(11-12-26(27)47-18-29(41)44-4)31-30(34(43)46-6-2)19(3)39-35-40(31)33(42)28(49-35)15-20-13-23(36)32(25(38)14-20)48-17-22-9-7-8-10-24(22)37/h7-16,31H,5-6,17-18H2,1-4H3/b28-15-/t31-/m1/s1. The maximum atomic E-state index is 14.2. The van der Waals surface area contributed by atoms with Gasteiger partial charge in [0, 0.05) is 10.6 Å². The molecule has 3 aromatic carbocycles. The number of fused-ring (bicyclic) bond motifs is 1. The summed E-state index contributed by atoms with van der Waals surface area (Å²) in [5, 5.41) is 0.622. The van der Waals surface area contributed by atoms with Crippen molar-refractivity contribution in [3.05, 3.63) is 115 Å². The number of allylic oxidation sites excluding steroid dienone is 1. The molecule has 5 rings (SSSR count). The Labute approximate surface area is 313 Å². The number of rotatable bonds is 12. The van der Waals surface area contributed by atoms with Crippen molar-refractivity contribution in [1.82, 2.24) is 4.57 Å². The first kappa shape index (κ1) is 36.6. The molecule has 1 aliphatic heterocycles. The highest BCUT2D eigenvalue weighted by molar-refractivity contribution is 14.1. The Bertz CT molecular complexity index is 2110. The quantitative estimate of drug-likeness (QED) is 0.120. The fraction of sp³-hybridized carbons (Fsp3) is 0.257. The maximum absolute atomic E-state index is 14.2. The van der Waals surface area contributed by atoms with Gasteiger partial charge in [-0.05, 0) is 107 Å². The van der Waals surface area contributed by atoms with Crippen LogP contribution in [0.5, 0.6) is 17.2 Å². The van der Waals surface area contributed by atoms with Crippen molar-refractivity contribution in [2.24, 2.45) is 4.99 Å². The number of carbonyl (C=O) groups excluding carboxylic acids is 2. The van der Waals surface area contributed by atoms with Gasteiger partial charge in [-0.1, -0.05) is 47.2 Å². The lowest BCUT2D eigenvalue weighted by atomic mass is 9.95. The summed E-state index contributed by atoms with van der Waals surface area (Å²) in [7, 11) is 1.27. The van der Waals surface area contributed by atoms with E-state index in [1.54, 1.807) is 38.1 Å². The fourth-order valence-electron chi connectivity index (χ4n) is 5.10. The minimum Gasteiger partial charge on any atom is -0.490 e. The number of hydrogen-bond donors (Lipinski definition) is 0. The van der Waals surface area contributed by atoms with Gasteiger partial charge in [0.15, 0.2) is 22.9 Å². The Balaban J connectivity index is 1.57. The largest absolute Gasteiger partial charge is 0.490 e. The topological polar surface area (TPSA) is 115 Å². The average Bonchev–Trinajstić information content (AvgIpc) is 3.37. The zero-order valence-corrected chi connectivity index (χ0v) is 32.2. The highest BCUT2D eigenvalue weighted by Crippen LogP contribution is 2.37. The Kier molecular flexibility index (Phi) is 12.2. The van der Waals surface area contributed by atoms with Crippen molar-refractivity contribution in [2.75, 3.05) is 26.9 Å². The molecule has 10 nitrogen and oxygen atoms in total. The first-order valence-corrected chi connectivity index (χ1v) is 18.1. The summed E-state index contributed by atoms with van der Waals surface area (Å²) in [5.74, 6) is 0.153. The van der Waals surface area contributed by atoms with Gasteiger partial charge in [0.25, 0.3) is 5.56 Å². The molecule has 0 spiro atoms. The molecule has 0 N–H and O–H groups in total. The second-order valence-electron chi connectivity index (χ2n) is 10.5. The Morgan fingerprint density at radius 3 is 2.53 bits per heavy atom. The van der Waals surface area contributed by atoms with E-state index in [4.69, 9.17) is 30.5 Å². The number of hydrogen-bond acceptors (Lipinski definition) is 10. The van der Waals surface area contributed by atoms with E-state index in [0.717, 1.165) is 14.7 Å². The van der Waals surface area contributed by atoms with E-state index in [2.05, 4.69) is 48.3 Å². The van der Waals surface area contributed by atoms with Crippen LogP contribution < -0.4 is 29.1 Å². The third kappa shape index (κ3) is 8.22. The van der Waals surface area contributed by atoms with Crippen molar-refractivity contribution in [2.45, 2.75) is 33.4 Å². The van der Waals surface area contributed by atoms with Crippen LogP contribution in [0.15, 0.2) is 80.1 Å². The van der Waals surface area contributed by atoms with Crippen LogP contribution in [-0.2, 0) is 25.7 Å². The van der Waals surface area contributed by atoms with E-state index < -0.39 is 18.0 Å². The Hall–Kier alpha value is -3.66. The minimum atomic E-state index is -0.876. The second-order valence-corrected chi connectivity index (χ2v) is 13.9. The zero-order chi connectivity index (χ0) is 35.2. The molecule has 1 atom stereocenters. The number of benzene rings is 3. The lowest BCUT2D eigenvalue weighted by Crippen LogP contribution is -2.40. The highest BCUT2D eigenvalue weighted by atomic mass is 127. The van der Waals surface area contributed by atoms with Gasteiger partial charge in [0.2, 0.25) is 0 Å². The van der Waals surface area contributed by atoms with Crippen molar-refractivity contribution in [1.29, 1.82) is 0 Å². The predicted molar refractivity (Wildman–Crippen MR) is 198 cm³/mol. The molecule has 1 aromatic heterocycles. The molecule has 2 heterocycles. The summed E-state index contributed by atoms with van der Waals surface area (Å²) < 4.78 is 31.1. The Morgan fingerprint density at radius 1 is 1.06 bits per heavy atom. The van der Waals surface area contributed by atoms with Gasteiger partial charge in [-0.15, -0.1) is 0 Å². The van der Waals surface area contributed by atoms with Crippen LogP contribution in [0.4, 0.5) is 0 Å². The van der Waals surface area contributed by atoms with E-state index in [9.17, 15) is 14.4 Å². The molecule has 4 aromatic rings. The number of ether oxygens (including phenoxy) is 5. The molecule has 14 heteroatoms. The molecule has 49 heavy (non-hydrogen) atoms. The number of carbonyl (C=O) groups is 2. The maximum Gasteiger partial charge on any atom is 0.343 e. The summed E-state index contributed by atoms with van der Waals surface area (Å²) in [4.78, 5) is 44.4. The molecule has 0 saturated carbocycles. The molecule has 1 aliphatic rings. The molecule has 256 valence electrons. The molecular weight excluding hydrogens is 851 g/mol. The molecule has 0 fully saturated rings. The van der Waals surface area contributed by atoms with Crippen molar-refractivity contribution in [3.8, 4) is 17.2 Å². The first-order valence-electron chi connectivity index (χ1n) is 15.1. The average molecular weight is 882 g/mol. The summed E-state index contributed by atoms with van der Waals surface area (Å²) >= 11 is 13.3. The van der Waals surface area contributed by atoms with E-state index in [-0.39, 0.29) is 31.0 Å². The SMILES string of the molecule is CCOC(=O)C1=C(C)N=c2s/c(=C\c3cc(Br)c(OCc4ccccc4Cl)c(I)c3)c(=O)n2[C@@H]1c1ccc(OCC(=O)OC)c(OCC)c1. The summed E-state index contributed by atoms with van der Waals surface area (Å²) in [5.41, 5.74) is 2.51. The smallest absolute Gasteiger partial charge is 0.343 e. The van der Waals surface area contributed by atoms with Crippen LogP contribution in [0, 0.1) is 3.57 Å². The first-order chi connectivity index (χ1) is 23.6. The number of thiazole rings is 1. The number of halogens is 3. The van der Waals surface area contributed by atoms with Crippen LogP contribution in [-0.4, -0.2) is 43.4 Å². The zero-order valence-electron chi connectivity index (χ0n) is 26.9. The number of nitrogens with zero attached hydrogens (tertiary/aromatic N) is 2. The third-order valence-electron chi connectivity index (χ3n) is 7.32. The van der Waals surface area contributed by atoms with Gasteiger partial charge in [0.05, 0.1) is 50.2 Å². The summed E-state index contributed by atoms with van der Waals surface area (Å²) in [6.45, 7) is 5.66. The number of esters is 2. The van der Waals surface area contributed by atoms with E-state index in [1.165, 1.54) is 23.0 Å². The molecule has 0 amide bonds. The van der Waals surface area contributed by atoms with Gasteiger partial charge in [0.1, 0.15) is 12.4 Å². The van der Waals surface area contributed by atoms with E-state index in [0.29, 0.717) is 53.9 Å². The predicted octanol–water partition coefficient (Wildman–Crippen LogP) is 6.35. The van der Waals surface area contributed by atoms with Crippen LogP contribution in [0.2, 0.25) is 5.02 Å². The summed E-state index contributed by atoms with van der Waals surface area (Å²) in [6, 6.07) is 15.4. The van der Waals surface area contributed by atoms with Gasteiger partial charge in [-0.3, -0.25) is 9.36 Å². The van der Waals surface area contributed by atoms with Crippen molar-refractivity contribution in [3.63, 3.8) is 0 Å². The van der Waals surface area contributed by atoms with Gasteiger partial charge >= 0.3 is 11.9 Å². The van der Waals surface area contributed by atoms with Gasteiger partial charge in [-0.2, -0.15) is 0 Å². The van der Waals surface area contributed by atoms with Crippen LogP contribution in [0.1, 0.15) is 43.5 Å². The van der Waals surface area contributed by atoms with Gasteiger partial charge in [-0.25, -0.2) is 14.6 Å². The summed E-state index contributed by atoms with van der Waals surface area (Å²) in [6.07, 6.45) is 1.78. The molecule has 0 saturated heterocycles. The van der Waals surface area contributed by atoms with Crippen LogP contribution in [0.25, 0.3) is 6.08 Å². The number of methoxy groups -OCH3 is 1. The minimum absolute atomic E-state index is 0.142. The lowest BCUT2D eigenvalue weighted by Gasteiger charge is -2.25. The van der Waals surface area contributed by atoms with E-state index in [1.807, 2.05) is 43.3 Å². The fourth-order valence-corrected chi connectivity index (χ4v) is 8.11. The Morgan fingerprint density at radius 2 is 1.84 bits per heavy atom. The van der Waals surface area contributed by atoms with E-state index >= 15 is 0 Å². The second kappa shape index (κ2) is 16.4. The molecule has 0 aliphatic carbocycles. The normalized spacial score (nSPS) is 14.2. The van der Waals surface area contributed by atoms with Crippen LogP contribution in [0.3, 0.4) is 0 Å². The van der Waals surface area contributed by atoms with Crippen molar-refractivity contribution >= 4 is 79.5 Å². The molecule has 0 unspecified atom stereocenters. The lowest BCUT2D eigenvalue weighted by molar-refractivity contribution is -0.143. The number of aromatic nitrogens is 1.